The van der Waals surface area contributed by atoms with Crippen LogP contribution in [0.3, 0.4) is 0 Å². The molecule has 0 unspecified atom stereocenters. The zero-order valence-electron chi connectivity index (χ0n) is 13.9. The van der Waals surface area contributed by atoms with E-state index >= 15 is 0 Å². The summed E-state index contributed by atoms with van der Waals surface area (Å²) in [5, 5.41) is 13.7. The summed E-state index contributed by atoms with van der Waals surface area (Å²) in [6.07, 6.45) is 0.295. The fraction of sp³-hybridized carbons (Fsp3) is 0.190. The smallest absolute Gasteiger partial charge is 0.224 e. The van der Waals surface area contributed by atoms with Crippen LogP contribution in [0.5, 0.6) is 5.75 Å². The third kappa shape index (κ3) is 4.58. The largest absolute Gasteiger partial charge is 0.489 e. The first-order valence-corrected chi connectivity index (χ1v) is 8.32. The number of nitrogens with one attached hydrogen (secondary N) is 1. The Kier molecular flexibility index (Phi) is 5.65. The van der Waals surface area contributed by atoms with E-state index in [9.17, 15) is 4.79 Å². The minimum atomic E-state index is -0.0986. The Labute approximate surface area is 147 Å². The van der Waals surface area contributed by atoms with Crippen LogP contribution in [0, 0.1) is 0 Å². The van der Waals surface area contributed by atoms with E-state index in [2.05, 4.69) is 29.6 Å². The van der Waals surface area contributed by atoms with E-state index in [1.54, 1.807) is 0 Å². The van der Waals surface area contributed by atoms with Gasteiger partial charge in [-0.05, 0) is 34.0 Å². The van der Waals surface area contributed by atoms with Gasteiger partial charge in [0.05, 0.1) is 13.0 Å². The number of hydrogen-bond donors (Lipinski definition) is 2. The molecule has 0 fully saturated rings. The molecule has 0 radical (unpaired) electrons. The molecular weight excluding hydrogens is 314 g/mol. The monoisotopic (exact) mass is 335 g/mol. The summed E-state index contributed by atoms with van der Waals surface area (Å²) in [4.78, 5) is 11.6. The lowest BCUT2D eigenvalue weighted by molar-refractivity contribution is -0.120. The summed E-state index contributed by atoms with van der Waals surface area (Å²) in [5.41, 5.74) is 2.05. The Morgan fingerprint density at radius 1 is 0.960 bits per heavy atom. The van der Waals surface area contributed by atoms with E-state index in [-0.39, 0.29) is 19.1 Å². The minimum Gasteiger partial charge on any atom is -0.489 e. The second kappa shape index (κ2) is 8.31. The fourth-order valence-corrected chi connectivity index (χ4v) is 2.73. The summed E-state index contributed by atoms with van der Waals surface area (Å²) in [6.45, 7) is 0.732. The van der Waals surface area contributed by atoms with Crippen molar-refractivity contribution in [2.75, 3.05) is 13.2 Å². The summed E-state index contributed by atoms with van der Waals surface area (Å²) < 4.78 is 5.89. The second-order valence-corrected chi connectivity index (χ2v) is 5.82. The molecule has 4 heteroatoms. The van der Waals surface area contributed by atoms with Gasteiger partial charge in [-0.25, -0.2) is 0 Å². The number of carbonyl (C=O) groups is 1. The second-order valence-electron chi connectivity index (χ2n) is 5.82. The molecule has 0 saturated carbocycles. The third-order valence-corrected chi connectivity index (χ3v) is 4.00. The Morgan fingerprint density at radius 3 is 2.52 bits per heavy atom. The Morgan fingerprint density at radius 2 is 1.72 bits per heavy atom. The third-order valence-electron chi connectivity index (χ3n) is 4.00. The molecule has 0 aliphatic carbocycles. The van der Waals surface area contributed by atoms with Crippen LogP contribution in [0.1, 0.15) is 11.1 Å². The number of hydrogen-bond acceptors (Lipinski definition) is 3. The molecule has 0 aromatic heterocycles. The van der Waals surface area contributed by atoms with E-state index in [1.807, 2.05) is 42.5 Å². The summed E-state index contributed by atoms with van der Waals surface area (Å²) in [7, 11) is 0. The molecule has 4 nitrogen and oxygen atoms in total. The van der Waals surface area contributed by atoms with Gasteiger partial charge in [0, 0.05) is 6.54 Å². The van der Waals surface area contributed by atoms with Gasteiger partial charge in [0.15, 0.2) is 0 Å². The maximum Gasteiger partial charge on any atom is 0.224 e. The van der Waals surface area contributed by atoms with Crippen LogP contribution in [-0.4, -0.2) is 24.2 Å². The Bertz CT molecular complexity index is 838. The molecule has 25 heavy (non-hydrogen) atoms. The molecule has 0 bridgehead atoms. The highest BCUT2D eigenvalue weighted by molar-refractivity contribution is 5.85. The highest BCUT2D eigenvalue weighted by Gasteiger charge is 2.04. The first kappa shape index (κ1) is 17.0. The van der Waals surface area contributed by atoms with Crippen molar-refractivity contribution in [2.24, 2.45) is 0 Å². The number of aliphatic hydroxyl groups is 1. The molecule has 1 amide bonds. The maximum atomic E-state index is 11.6. The van der Waals surface area contributed by atoms with Crippen molar-refractivity contribution in [3.63, 3.8) is 0 Å². The number of aliphatic hydroxyl groups excluding tert-OH is 1. The number of carbonyl (C=O) groups excluding carboxylic acids is 1. The van der Waals surface area contributed by atoms with E-state index in [0.717, 1.165) is 16.9 Å². The SMILES string of the molecule is O=C(Cc1ccc(OCc2cccc3ccccc23)cc1)NCCO. The predicted molar refractivity (Wildman–Crippen MR) is 98.5 cm³/mol. The first-order valence-electron chi connectivity index (χ1n) is 8.32. The van der Waals surface area contributed by atoms with Gasteiger partial charge in [-0.2, -0.15) is 0 Å². The fourth-order valence-electron chi connectivity index (χ4n) is 2.73. The van der Waals surface area contributed by atoms with Gasteiger partial charge in [-0.15, -0.1) is 0 Å². The highest BCUT2D eigenvalue weighted by Crippen LogP contribution is 2.21. The lowest BCUT2D eigenvalue weighted by atomic mass is 10.1. The molecule has 0 atom stereocenters. The average Bonchev–Trinajstić information content (AvgIpc) is 2.66. The van der Waals surface area contributed by atoms with Crippen molar-refractivity contribution in [3.05, 3.63) is 77.9 Å². The number of benzene rings is 3. The van der Waals surface area contributed by atoms with Gasteiger partial charge in [-0.1, -0.05) is 54.6 Å². The average molecular weight is 335 g/mol. The molecule has 3 aromatic carbocycles. The molecule has 0 spiro atoms. The van der Waals surface area contributed by atoms with Crippen LogP contribution in [0.25, 0.3) is 10.8 Å². The molecule has 0 aliphatic rings. The Hall–Kier alpha value is -2.85. The normalized spacial score (nSPS) is 10.6. The zero-order chi connectivity index (χ0) is 17.5. The molecule has 0 aliphatic heterocycles. The standard InChI is InChI=1S/C21H21NO3/c23-13-12-22-21(24)14-16-8-10-19(11-9-16)25-15-18-6-3-5-17-4-1-2-7-20(17)18/h1-11,23H,12-15H2,(H,22,24). The van der Waals surface area contributed by atoms with Crippen molar-refractivity contribution < 1.29 is 14.6 Å². The van der Waals surface area contributed by atoms with Gasteiger partial charge in [0.2, 0.25) is 5.91 Å². The van der Waals surface area contributed by atoms with Crippen molar-refractivity contribution in [2.45, 2.75) is 13.0 Å². The van der Waals surface area contributed by atoms with Gasteiger partial charge in [-0.3, -0.25) is 4.79 Å². The molecule has 3 rings (SSSR count). The molecule has 0 heterocycles. The van der Waals surface area contributed by atoms with Crippen LogP contribution in [0.4, 0.5) is 0 Å². The molecule has 2 N–H and O–H groups in total. The summed E-state index contributed by atoms with van der Waals surface area (Å²) >= 11 is 0. The number of ether oxygens (including phenoxy) is 1. The quantitative estimate of drug-likeness (QED) is 0.698. The molecule has 3 aromatic rings. The van der Waals surface area contributed by atoms with E-state index < -0.39 is 0 Å². The van der Waals surface area contributed by atoms with E-state index in [0.29, 0.717) is 13.0 Å². The minimum absolute atomic E-state index is 0.0489. The maximum absolute atomic E-state index is 11.6. The lowest BCUT2D eigenvalue weighted by Crippen LogP contribution is -2.27. The van der Waals surface area contributed by atoms with E-state index in [4.69, 9.17) is 9.84 Å². The predicted octanol–water partition coefficient (Wildman–Crippen LogP) is 3.07. The van der Waals surface area contributed by atoms with Gasteiger partial charge >= 0.3 is 0 Å². The van der Waals surface area contributed by atoms with Crippen LogP contribution in [0.2, 0.25) is 0 Å². The number of fused-ring (bicyclic) bond motifs is 1. The molecular formula is C21H21NO3. The van der Waals surface area contributed by atoms with Crippen LogP contribution in [-0.2, 0) is 17.8 Å². The molecule has 128 valence electrons. The zero-order valence-corrected chi connectivity index (χ0v) is 13.9. The van der Waals surface area contributed by atoms with Crippen LogP contribution >= 0.6 is 0 Å². The topological polar surface area (TPSA) is 58.6 Å². The van der Waals surface area contributed by atoms with Crippen LogP contribution in [0.15, 0.2) is 66.7 Å². The summed E-state index contributed by atoms with van der Waals surface area (Å²) in [5.74, 6) is 0.672. The van der Waals surface area contributed by atoms with Gasteiger partial charge < -0.3 is 15.2 Å². The van der Waals surface area contributed by atoms with Crippen LogP contribution < -0.4 is 10.1 Å². The number of amides is 1. The van der Waals surface area contributed by atoms with E-state index in [1.165, 1.54) is 10.8 Å². The van der Waals surface area contributed by atoms with Crippen molar-refractivity contribution in [1.29, 1.82) is 0 Å². The van der Waals surface area contributed by atoms with Gasteiger partial charge in [0.1, 0.15) is 12.4 Å². The first-order chi connectivity index (χ1) is 12.3. The Balaban J connectivity index is 1.61. The lowest BCUT2D eigenvalue weighted by Gasteiger charge is -2.10. The van der Waals surface area contributed by atoms with Gasteiger partial charge in [0.25, 0.3) is 0 Å². The molecule has 0 saturated heterocycles. The van der Waals surface area contributed by atoms with Crippen molar-refractivity contribution >= 4 is 16.7 Å². The van der Waals surface area contributed by atoms with Crippen molar-refractivity contribution in [3.8, 4) is 5.75 Å². The van der Waals surface area contributed by atoms with Crippen molar-refractivity contribution in [1.82, 2.24) is 5.32 Å². The number of rotatable bonds is 7. The highest BCUT2D eigenvalue weighted by atomic mass is 16.5. The summed E-state index contributed by atoms with van der Waals surface area (Å²) in [6, 6.07) is 22.0.